The molecule has 0 aliphatic carbocycles. The Bertz CT molecular complexity index is 1060. The first kappa shape index (κ1) is 22.6. The lowest BCUT2D eigenvalue weighted by Gasteiger charge is -2.31. The summed E-state index contributed by atoms with van der Waals surface area (Å²) in [5.41, 5.74) is 3.25. The van der Waals surface area contributed by atoms with Crippen LogP contribution in [0.3, 0.4) is 0 Å². The van der Waals surface area contributed by atoms with E-state index < -0.39 is 0 Å². The zero-order chi connectivity index (χ0) is 23.2. The first-order valence-electron chi connectivity index (χ1n) is 12.0. The molecule has 1 atom stereocenters. The van der Waals surface area contributed by atoms with Crippen molar-refractivity contribution in [1.29, 1.82) is 0 Å². The van der Waals surface area contributed by atoms with Crippen molar-refractivity contribution in [2.24, 2.45) is 5.92 Å². The second kappa shape index (κ2) is 10.8. The van der Waals surface area contributed by atoms with Crippen LogP contribution in [0.15, 0.2) is 59.1 Å². The quantitative estimate of drug-likeness (QED) is 0.579. The fourth-order valence-electron chi connectivity index (χ4n) is 4.61. The van der Waals surface area contributed by atoms with Crippen LogP contribution >= 0.6 is 0 Å². The maximum Gasteiger partial charge on any atom is 0.241 e. The third kappa shape index (κ3) is 5.63. The van der Waals surface area contributed by atoms with Crippen molar-refractivity contribution >= 4 is 11.6 Å². The van der Waals surface area contributed by atoms with E-state index in [9.17, 15) is 4.79 Å². The van der Waals surface area contributed by atoms with Crippen LogP contribution in [-0.2, 0) is 22.6 Å². The van der Waals surface area contributed by atoms with E-state index in [2.05, 4.69) is 49.5 Å². The molecule has 34 heavy (non-hydrogen) atoms. The number of morpholine rings is 1. The third-order valence-electron chi connectivity index (χ3n) is 6.51. The molecule has 1 aromatic heterocycles. The monoisotopic (exact) mass is 461 g/mol. The summed E-state index contributed by atoms with van der Waals surface area (Å²) in [4.78, 5) is 21.9. The molecule has 5 rings (SSSR count). The van der Waals surface area contributed by atoms with E-state index in [1.165, 1.54) is 5.69 Å². The van der Waals surface area contributed by atoms with E-state index in [0.29, 0.717) is 31.3 Å². The van der Waals surface area contributed by atoms with E-state index in [4.69, 9.17) is 9.26 Å². The lowest BCUT2D eigenvalue weighted by atomic mass is 9.97. The molecule has 2 aliphatic heterocycles. The van der Waals surface area contributed by atoms with Crippen LogP contribution in [-0.4, -0.2) is 60.3 Å². The molecule has 2 saturated heterocycles. The minimum absolute atomic E-state index is 0.0297. The smallest absolute Gasteiger partial charge is 0.241 e. The molecule has 2 aliphatic rings. The molecular formula is C26H31N5O3. The van der Waals surface area contributed by atoms with Gasteiger partial charge in [0.05, 0.1) is 25.7 Å². The summed E-state index contributed by atoms with van der Waals surface area (Å²) < 4.78 is 10.9. The third-order valence-corrected chi connectivity index (χ3v) is 6.51. The van der Waals surface area contributed by atoms with E-state index in [-0.39, 0.29) is 11.8 Å². The predicted molar refractivity (Wildman–Crippen MR) is 129 cm³/mol. The zero-order valence-corrected chi connectivity index (χ0v) is 19.4. The molecule has 3 heterocycles. The minimum atomic E-state index is -0.0297. The van der Waals surface area contributed by atoms with Gasteiger partial charge in [-0.15, -0.1) is 0 Å². The largest absolute Gasteiger partial charge is 0.378 e. The summed E-state index contributed by atoms with van der Waals surface area (Å²) in [5.74, 6) is 1.26. The van der Waals surface area contributed by atoms with Crippen LogP contribution in [0.25, 0.3) is 11.4 Å². The Kier molecular flexibility index (Phi) is 7.16. The van der Waals surface area contributed by atoms with Crippen molar-refractivity contribution in [3.8, 4) is 11.4 Å². The molecule has 1 N–H and O–H groups in total. The molecule has 0 bridgehead atoms. The predicted octanol–water partition coefficient (Wildman–Crippen LogP) is 3.10. The molecule has 8 heteroatoms. The van der Waals surface area contributed by atoms with Gasteiger partial charge < -0.3 is 19.5 Å². The molecule has 0 spiro atoms. The van der Waals surface area contributed by atoms with Gasteiger partial charge in [-0.3, -0.25) is 9.69 Å². The summed E-state index contributed by atoms with van der Waals surface area (Å²) in [6.45, 7) is 6.13. The van der Waals surface area contributed by atoms with Crippen molar-refractivity contribution in [3.63, 3.8) is 0 Å². The highest BCUT2D eigenvalue weighted by Gasteiger charge is 2.27. The Labute approximate surface area is 199 Å². The van der Waals surface area contributed by atoms with Gasteiger partial charge in [0, 0.05) is 37.4 Å². The van der Waals surface area contributed by atoms with Gasteiger partial charge in [-0.2, -0.15) is 4.98 Å². The fraction of sp³-hybridized carbons (Fsp3) is 0.423. The first-order valence-corrected chi connectivity index (χ1v) is 12.0. The van der Waals surface area contributed by atoms with Crippen LogP contribution in [0.2, 0.25) is 0 Å². The summed E-state index contributed by atoms with van der Waals surface area (Å²) >= 11 is 0. The molecule has 3 aromatic rings. The number of ether oxygens (including phenoxy) is 1. The molecule has 0 saturated carbocycles. The maximum absolute atomic E-state index is 12.9. The van der Waals surface area contributed by atoms with Crippen LogP contribution < -0.4 is 10.2 Å². The summed E-state index contributed by atoms with van der Waals surface area (Å²) in [7, 11) is 0. The number of aromatic nitrogens is 2. The molecular weight excluding hydrogens is 430 g/mol. The highest BCUT2D eigenvalue weighted by Crippen LogP contribution is 2.21. The Balaban J connectivity index is 1.11. The lowest BCUT2D eigenvalue weighted by Crippen LogP contribution is -2.42. The highest BCUT2D eigenvalue weighted by molar-refractivity contribution is 5.79. The van der Waals surface area contributed by atoms with Crippen LogP contribution in [0, 0.1) is 5.92 Å². The Morgan fingerprint density at radius 2 is 1.82 bits per heavy atom. The Morgan fingerprint density at radius 1 is 1.03 bits per heavy atom. The van der Waals surface area contributed by atoms with Crippen molar-refractivity contribution in [2.75, 3.05) is 44.3 Å². The number of likely N-dealkylation sites (tertiary alicyclic amines) is 1. The average molecular weight is 462 g/mol. The normalized spacial score (nSPS) is 19.2. The van der Waals surface area contributed by atoms with Crippen molar-refractivity contribution in [3.05, 3.63) is 66.1 Å². The van der Waals surface area contributed by atoms with Gasteiger partial charge in [0.1, 0.15) is 0 Å². The van der Waals surface area contributed by atoms with E-state index >= 15 is 0 Å². The number of nitrogens with one attached hydrogen (secondary N) is 1. The maximum atomic E-state index is 12.9. The van der Waals surface area contributed by atoms with Gasteiger partial charge in [0.15, 0.2) is 0 Å². The highest BCUT2D eigenvalue weighted by atomic mass is 16.5. The van der Waals surface area contributed by atoms with Gasteiger partial charge in [-0.05, 0) is 37.1 Å². The number of rotatable bonds is 7. The number of carbonyl (C=O) groups is 1. The van der Waals surface area contributed by atoms with Crippen molar-refractivity contribution in [2.45, 2.75) is 25.9 Å². The molecule has 1 unspecified atom stereocenters. The number of hydrogen-bond acceptors (Lipinski definition) is 7. The number of anilines is 1. The van der Waals surface area contributed by atoms with Crippen molar-refractivity contribution < 1.29 is 14.1 Å². The zero-order valence-electron chi connectivity index (χ0n) is 19.4. The van der Waals surface area contributed by atoms with Gasteiger partial charge in [-0.25, -0.2) is 0 Å². The van der Waals surface area contributed by atoms with Gasteiger partial charge in [0.2, 0.25) is 17.6 Å². The van der Waals surface area contributed by atoms with Crippen molar-refractivity contribution in [1.82, 2.24) is 20.4 Å². The van der Waals surface area contributed by atoms with Gasteiger partial charge in [0.25, 0.3) is 0 Å². The molecule has 0 radical (unpaired) electrons. The molecule has 2 fully saturated rings. The lowest BCUT2D eigenvalue weighted by molar-refractivity contribution is -0.127. The van der Waals surface area contributed by atoms with E-state index in [0.717, 1.165) is 56.8 Å². The van der Waals surface area contributed by atoms with E-state index in [1.54, 1.807) is 0 Å². The number of carbonyl (C=O) groups excluding carboxylic acids is 1. The molecule has 2 aromatic carbocycles. The standard InChI is InChI=1S/C26H31N5O3/c32-26(27-17-20-8-10-23(11-9-20)31-13-15-33-16-14-31)22-7-4-12-30(18-22)19-24-28-25(29-34-24)21-5-2-1-3-6-21/h1-3,5-6,8-11,22H,4,7,12-19H2,(H,27,32). The molecule has 8 nitrogen and oxygen atoms in total. The first-order chi connectivity index (χ1) is 16.7. The number of amides is 1. The summed E-state index contributed by atoms with van der Waals surface area (Å²) in [6.07, 6.45) is 1.88. The topological polar surface area (TPSA) is 83.7 Å². The molecule has 178 valence electrons. The van der Waals surface area contributed by atoms with Crippen LogP contribution in [0.5, 0.6) is 0 Å². The van der Waals surface area contributed by atoms with Crippen LogP contribution in [0.4, 0.5) is 5.69 Å². The number of piperidine rings is 1. The minimum Gasteiger partial charge on any atom is -0.378 e. The number of benzene rings is 2. The van der Waals surface area contributed by atoms with Gasteiger partial charge >= 0.3 is 0 Å². The summed E-state index contributed by atoms with van der Waals surface area (Å²) in [5, 5.41) is 7.23. The summed E-state index contributed by atoms with van der Waals surface area (Å²) in [6, 6.07) is 18.3. The number of hydrogen-bond donors (Lipinski definition) is 1. The fourth-order valence-corrected chi connectivity index (χ4v) is 4.61. The Hall–Kier alpha value is -3.23. The SMILES string of the molecule is O=C(NCc1ccc(N2CCOCC2)cc1)C1CCCN(Cc2nc(-c3ccccc3)no2)C1. The van der Waals surface area contributed by atoms with Gasteiger partial charge in [-0.1, -0.05) is 47.6 Å². The Morgan fingerprint density at radius 3 is 2.62 bits per heavy atom. The van der Waals surface area contributed by atoms with Crippen LogP contribution in [0.1, 0.15) is 24.3 Å². The second-order valence-electron chi connectivity index (χ2n) is 8.94. The number of nitrogens with zero attached hydrogens (tertiary/aromatic N) is 4. The molecule has 1 amide bonds. The average Bonchev–Trinajstić information content (AvgIpc) is 3.37. The second-order valence-corrected chi connectivity index (χ2v) is 8.94. The van der Waals surface area contributed by atoms with E-state index in [1.807, 2.05) is 30.3 Å².